The van der Waals surface area contributed by atoms with Crippen molar-refractivity contribution in [1.29, 1.82) is 0 Å². The average molecular weight is 238 g/mol. The Morgan fingerprint density at radius 1 is 1.41 bits per heavy atom. The molecule has 1 aromatic rings. The Bertz CT molecular complexity index is 352. The van der Waals surface area contributed by atoms with Crippen LogP contribution in [0.2, 0.25) is 0 Å². The molecule has 0 aliphatic rings. The van der Waals surface area contributed by atoms with Gasteiger partial charge in [-0.2, -0.15) is 0 Å². The van der Waals surface area contributed by atoms with E-state index < -0.39 is 0 Å². The van der Waals surface area contributed by atoms with E-state index in [4.69, 9.17) is 0 Å². The molecule has 1 unspecified atom stereocenters. The molecule has 0 heterocycles. The summed E-state index contributed by atoms with van der Waals surface area (Å²) in [6.45, 7) is 8.97. The second-order valence-electron chi connectivity index (χ2n) is 4.58. The maximum atomic E-state index is 13.4. The summed E-state index contributed by atoms with van der Waals surface area (Å²) in [7, 11) is 2.10. The predicted octanol–water partition coefficient (Wildman–Crippen LogP) is 2.74. The number of rotatable bonds is 6. The van der Waals surface area contributed by atoms with Gasteiger partial charge in [0, 0.05) is 19.1 Å². The Morgan fingerprint density at radius 3 is 2.71 bits per heavy atom. The first-order valence-electron chi connectivity index (χ1n) is 6.22. The monoisotopic (exact) mass is 238 g/mol. The van der Waals surface area contributed by atoms with Gasteiger partial charge >= 0.3 is 0 Å². The summed E-state index contributed by atoms with van der Waals surface area (Å²) < 4.78 is 13.4. The van der Waals surface area contributed by atoms with E-state index in [-0.39, 0.29) is 11.9 Å². The number of aryl methyl sites for hydroxylation is 1. The van der Waals surface area contributed by atoms with Crippen molar-refractivity contribution in [2.24, 2.45) is 0 Å². The lowest BCUT2D eigenvalue weighted by Gasteiger charge is -2.18. The largest absolute Gasteiger partial charge is 0.309 e. The van der Waals surface area contributed by atoms with Crippen LogP contribution in [0.1, 0.15) is 31.0 Å². The fourth-order valence-electron chi connectivity index (χ4n) is 1.63. The third-order valence-corrected chi connectivity index (χ3v) is 3.18. The van der Waals surface area contributed by atoms with Gasteiger partial charge in [-0.05, 0) is 44.6 Å². The van der Waals surface area contributed by atoms with Crippen LogP contribution >= 0.6 is 0 Å². The molecule has 1 N–H and O–H groups in total. The summed E-state index contributed by atoms with van der Waals surface area (Å²) >= 11 is 0. The van der Waals surface area contributed by atoms with Crippen LogP contribution in [0.25, 0.3) is 0 Å². The Kier molecular flexibility index (Phi) is 5.59. The first kappa shape index (κ1) is 14.1. The Morgan fingerprint density at radius 2 is 2.12 bits per heavy atom. The fourth-order valence-corrected chi connectivity index (χ4v) is 1.63. The van der Waals surface area contributed by atoms with Crippen molar-refractivity contribution in [3.63, 3.8) is 0 Å². The quantitative estimate of drug-likeness (QED) is 0.820. The lowest BCUT2D eigenvalue weighted by molar-refractivity contribution is 0.342. The molecule has 17 heavy (non-hydrogen) atoms. The standard InChI is InChI=1S/C14H23FN2/c1-5-17(4)9-8-16-12(3)13-7-6-11(2)14(15)10-13/h6-7,10,12,16H,5,8-9H2,1-4H3. The van der Waals surface area contributed by atoms with Gasteiger partial charge in [-0.1, -0.05) is 19.1 Å². The van der Waals surface area contributed by atoms with Crippen molar-refractivity contribution >= 4 is 0 Å². The molecule has 0 aliphatic heterocycles. The van der Waals surface area contributed by atoms with Crippen LogP contribution < -0.4 is 5.32 Å². The molecule has 3 heteroatoms. The third-order valence-electron chi connectivity index (χ3n) is 3.18. The van der Waals surface area contributed by atoms with Gasteiger partial charge in [0.25, 0.3) is 0 Å². The van der Waals surface area contributed by atoms with E-state index in [9.17, 15) is 4.39 Å². The highest BCUT2D eigenvalue weighted by Gasteiger charge is 2.07. The number of hydrogen-bond acceptors (Lipinski definition) is 2. The highest BCUT2D eigenvalue weighted by molar-refractivity contribution is 5.25. The first-order valence-corrected chi connectivity index (χ1v) is 6.22. The minimum absolute atomic E-state index is 0.123. The molecule has 0 aromatic heterocycles. The van der Waals surface area contributed by atoms with Crippen molar-refractivity contribution in [3.8, 4) is 0 Å². The zero-order valence-electron chi connectivity index (χ0n) is 11.3. The smallest absolute Gasteiger partial charge is 0.126 e. The van der Waals surface area contributed by atoms with Crippen molar-refractivity contribution in [3.05, 3.63) is 35.1 Å². The number of likely N-dealkylation sites (N-methyl/N-ethyl adjacent to an activating group) is 1. The van der Waals surface area contributed by atoms with Crippen LogP contribution in [-0.4, -0.2) is 31.6 Å². The summed E-state index contributed by atoms with van der Waals surface area (Å²) in [5.74, 6) is -0.123. The Hall–Kier alpha value is -0.930. The summed E-state index contributed by atoms with van der Waals surface area (Å²) in [6.07, 6.45) is 0. The average Bonchev–Trinajstić information content (AvgIpc) is 2.32. The van der Waals surface area contributed by atoms with Gasteiger partial charge in [-0.15, -0.1) is 0 Å². The minimum atomic E-state index is -0.123. The molecule has 0 saturated carbocycles. The van der Waals surface area contributed by atoms with Gasteiger partial charge in [0.1, 0.15) is 5.82 Å². The minimum Gasteiger partial charge on any atom is -0.309 e. The van der Waals surface area contributed by atoms with Crippen molar-refractivity contribution < 1.29 is 4.39 Å². The van der Waals surface area contributed by atoms with Gasteiger partial charge in [0.05, 0.1) is 0 Å². The van der Waals surface area contributed by atoms with Crippen molar-refractivity contribution in [2.45, 2.75) is 26.8 Å². The third kappa shape index (κ3) is 4.44. The molecule has 1 aromatic carbocycles. The van der Waals surface area contributed by atoms with E-state index in [2.05, 4.69) is 31.1 Å². The van der Waals surface area contributed by atoms with E-state index in [1.54, 1.807) is 13.0 Å². The van der Waals surface area contributed by atoms with Gasteiger partial charge in [-0.3, -0.25) is 0 Å². The number of benzene rings is 1. The van der Waals surface area contributed by atoms with Gasteiger partial charge in [0.15, 0.2) is 0 Å². The molecular weight excluding hydrogens is 215 g/mol. The van der Waals surface area contributed by atoms with Gasteiger partial charge in [-0.25, -0.2) is 4.39 Å². The molecule has 0 radical (unpaired) electrons. The molecule has 2 nitrogen and oxygen atoms in total. The van der Waals surface area contributed by atoms with Crippen molar-refractivity contribution in [1.82, 2.24) is 10.2 Å². The Balaban J connectivity index is 2.46. The molecule has 0 saturated heterocycles. The molecule has 0 amide bonds. The number of nitrogens with zero attached hydrogens (tertiary/aromatic N) is 1. The maximum Gasteiger partial charge on any atom is 0.126 e. The topological polar surface area (TPSA) is 15.3 Å². The number of halogens is 1. The zero-order valence-corrected chi connectivity index (χ0v) is 11.3. The molecule has 1 atom stereocenters. The highest BCUT2D eigenvalue weighted by Crippen LogP contribution is 2.15. The van der Waals surface area contributed by atoms with E-state index in [0.29, 0.717) is 5.56 Å². The maximum absolute atomic E-state index is 13.4. The van der Waals surface area contributed by atoms with E-state index in [0.717, 1.165) is 25.2 Å². The molecule has 0 spiro atoms. The highest BCUT2D eigenvalue weighted by atomic mass is 19.1. The SMILES string of the molecule is CCN(C)CCNC(C)c1ccc(C)c(F)c1. The van der Waals surface area contributed by atoms with Crippen LogP contribution in [0.3, 0.4) is 0 Å². The first-order chi connectivity index (χ1) is 8.04. The van der Waals surface area contributed by atoms with Crippen LogP contribution in [0.5, 0.6) is 0 Å². The summed E-state index contributed by atoms with van der Waals surface area (Å²) in [5.41, 5.74) is 1.71. The van der Waals surface area contributed by atoms with Crippen LogP contribution in [0, 0.1) is 12.7 Å². The van der Waals surface area contributed by atoms with Crippen molar-refractivity contribution in [2.75, 3.05) is 26.7 Å². The molecule has 0 bridgehead atoms. The molecule has 0 fully saturated rings. The summed E-state index contributed by atoms with van der Waals surface area (Å²) in [6, 6.07) is 5.63. The molecule has 96 valence electrons. The molecule has 0 aliphatic carbocycles. The predicted molar refractivity (Wildman–Crippen MR) is 70.7 cm³/mol. The van der Waals surface area contributed by atoms with E-state index in [1.165, 1.54) is 0 Å². The second kappa shape index (κ2) is 6.72. The molecular formula is C14H23FN2. The zero-order chi connectivity index (χ0) is 12.8. The normalized spacial score (nSPS) is 13.1. The second-order valence-corrected chi connectivity index (χ2v) is 4.58. The van der Waals surface area contributed by atoms with E-state index in [1.807, 2.05) is 12.1 Å². The van der Waals surface area contributed by atoms with Crippen LogP contribution in [0.15, 0.2) is 18.2 Å². The lowest BCUT2D eigenvalue weighted by atomic mass is 10.1. The fraction of sp³-hybridized carbons (Fsp3) is 0.571. The van der Waals surface area contributed by atoms with Gasteiger partial charge in [0.2, 0.25) is 0 Å². The lowest BCUT2D eigenvalue weighted by Crippen LogP contribution is -2.30. The summed E-state index contributed by atoms with van der Waals surface area (Å²) in [5, 5.41) is 3.40. The van der Waals surface area contributed by atoms with E-state index >= 15 is 0 Å². The Labute approximate surface area is 104 Å². The molecule has 1 rings (SSSR count). The summed E-state index contributed by atoms with van der Waals surface area (Å²) in [4.78, 5) is 2.25. The van der Waals surface area contributed by atoms with Crippen LogP contribution in [-0.2, 0) is 0 Å². The van der Waals surface area contributed by atoms with Crippen LogP contribution in [0.4, 0.5) is 4.39 Å². The number of nitrogens with one attached hydrogen (secondary N) is 1. The number of hydrogen-bond donors (Lipinski definition) is 1. The van der Waals surface area contributed by atoms with Gasteiger partial charge < -0.3 is 10.2 Å².